The average molecular weight is 756 g/mol. The van der Waals surface area contributed by atoms with E-state index in [-0.39, 0.29) is 34.0 Å². The van der Waals surface area contributed by atoms with Gasteiger partial charge in [0.15, 0.2) is 35.4 Å². The van der Waals surface area contributed by atoms with Crippen molar-refractivity contribution in [3.8, 4) is 0 Å². The Morgan fingerprint density at radius 3 is 1.41 bits per heavy atom. The third-order valence-electron chi connectivity index (χ3n) is 7.21. The molecule has 268 valence electrons. The normalized spacial score (nSPS) is 31.2. The fourth-order valence-electron chi connectivity index (χ4n) is 4.96. The number of aliphatic hydroxyl groups excluding tert-OH is 4. The Morgan fingerprint density at radius 2 is 1.02 bits per heavy atom. The molecule has 2 aliphatic heterocycles. The molecule has 0 radical (unpaired) electrons. The van der Waals surface area contributed by atoms with E-state index >= 15 is 0 Å². The summed E-state index contributed by atoms with van der Waals surface area (Å²) in [5.74, 6) is 0.0316. The number of fused-ring (bicyclic) bond motifs is 2. The zero-order valence-corrected chi connectivity index (χ0v) is 26.9. The SMILES string of the molecule is Nc1ncnc2c1ncn2[C@@H]1O[C@H](COP(=O)(O)OP(=O)(O)OP(=O)(O)OC[C@H]2O[C@H](n3cnc4c(N)ncnc43)[C@H](O)[C@@H]2O)[C@@H](O)[C@H]1O. The van der Waals surface area contributed by atoms with Gasteiger partial charge in [-0.05, 0) is 0 Å². The molecular weight excluding hydrogens is 729 g/mol. The summed E-state index contributed by atoms with van der Waals surface area (Å²) in [7, 11) is -17.2. The number of imidazole rings is 2. The summed E-state index contributed by atoms with van der Waals surface area (Å²) in [5, 5.41) is 41.8. The number of hydrogen-bond donors (Lipinski definition) is 9. The number of ether oxygens (including phenoxy) is 2. The molecule has 26 nitrogen and oxygen atoms in total. The highest BCUT2D eigenvalue weighted by atomic mass is 31.3. The largest absolute Gasteiger partial charge is 0.490 e. The number of aromatic nitrogens is 8. The van der Waals surface area contributed by atoms with Crippen LogP contribution in [0.2, 0.25) is 0 Å². The molecule has 0 aromatic carbocycles. The highest BCUT2D eigenvalue weighted by Crippen LogP contribution is 2.67. The average Bonchev–Trinajstić information content (AvgIpc) is 3.77. The second kappa shape index (κ2) is 13.2. The van der Waals surface area contributed by atoms with Gasteiger partial charge in [-0.15, -0.1) is 0 Å². The Balaban J connectivity index is 1.03. The molecule has 4 aromatic rings. The zero-order valence-electron chi connectivity index (χ0n) is 24.2. The van der Waals surface area contributed by atoms with Crippen molar-refractivity contribution >= 4 is 57.4 Å². The molecule has 0 aliphatic carbocycles. The minimum atomic E-state index is -5.94. The maximum atomic E-state index is 12.4. The molecule has 11 N–H and O–H groups in total. The fourth-order valence-corrected chi connectivity index (χ4v) is 8.49. The Bertz CT molecular complexity index is 1860. The molecule has 2 aliphatic rings. The number of anilines is 2. The molecule has 0 amide bonds. The number of nitrogen functional groups attached to an aromatic ring is 2. The quantitative estimate of drug-likeness (QED) is 0.0671. The maximum absolute atomic E-state index is 12.4. The minimum Gasteiger partial charge on any atom is -0.387 e. The number of aliphatic hydroxyl groups is 4. The van der Waals surface area contributed by atoms with Crippen LogP contribution in [-0.2, 0) is 40.8 Å². The van der Waals surface area contributed by atoms with E-state index in [1.807, 2.05) is 0 Å². The first-order valence-corrected chi connectivity index (χ1v) is 18.0. The molecule has 4 aromatic heterocycles. The number of nitrogens with zero attached hydrogens (tertiary/aromatic N) is 8. The molecule has 2 saturated heterocycles. The van der Waals surface area contributed by atoms with Crippen LogP contribution in [0.15, 0.2) is 25.3 Å². The minimum absolute atomic E-state index is 0.0158. The van der Waals surface area contributed by atoms with Crippen LogP contribution in [0.4, 0.5) is 11.6 Å². The third-order valence-corrected chi connectivity index (χ3v) is 11.5. The van der Waals surface area contributed by atoms with Crippen molar-refractivity contribution in [1.29, 1.82) is 0 Å². The first-order valence-electron chi connectivity index (χ1n) is 13.6. The molecule has 0 saturated carbocycles. The summed E-state index contributed by atoms with van der Waals surface area (Å²) >= 11 is 0. The van der Waals surface area contributed by atoms with Crippen molar-refractivity contribution in [1.82, 2.24) is 39.0 Å². The lowest BCUT2D eigenvalue weighted by atomic mass is 10.1. The van der Waals surface area contributed by atoms with Crippen LogP contribution >= 0.6 is 23.5 Å². The predicted molar refractivity (Wildman–Crippen MR) is 155 cm³/mol. The summed E-state index contributed by atoms with van der Waals surface area (Å²) in [6.07, 6.45) is -7.97. The molecule has 49 heavy (non-hydrogen) atoms. The first-order chi connectivity index (χ1) is 23.0. The van der Waals surface area contributed by atoms with Gasteiger partial charge in [0.2, 0.25) is 0 Å². The zero-order chi connectivity index (χ0) is 35.5. The van der Waals surface area contributed by atoms with Crippen LogP contribution in [0.3, 0.4) is 0 Å². The topological polar surface area (TPSA) is 387 Å². The summed E-state index contributed by atoms with van der Waals surface area (Å²) < 4.78 is 67.9. The van der Waals surface area contributed by atoms with Crippen molar-refractivity contribution < 1.29 is 75.9 Å². The maximum Gasteiger partial charge on any atom is 0.490 e. The van der Waals surface area contributed by atoms with Crippen LogP contribution < -0.4 is 11.5 Å². The van der Waals surface area contributed by atoms with E-state index in [4.69, 9.17) is 20.9 Å². The molecule has 6 rings (SSSR count). The summed E-state index contributed by atoms with van der Waals surface area (Å²) in [4.78, 5) is 53.5. The van der Waals surface area contributed by atoms with Crippen LogP contribution in [0.1, 0.15) is 12.5 Å². The van der Waals surface area contributed by atoms with Crippen molar-refractivity contribution in [2.75, 3.05) is 24.7 Å². The van der Waals surface area contributed by atoms with E-state index in [0.29, 0.717) is 0 Å². The van der Waals surface area contributed by atoms with Crippen LogP contribution in [0.25, 0.3) is 22.3 Å². The lowest BCUT2D eigenvalue weighted by Crippen LogP contribution is -2.33. The van der Waals surface area contributed by atoms with Gasteiger partial charge in [-0.3, -0.25) is 18.2 Å². The molecular formula is C20H27N10O16P3. The number of phosphoric acid groups is 3. The third kappa shape index (κ3) is 7.22. The van der Waals surface area contributed by atoms with Gasteiger partial charge in [0, 0.05) is 0 Å². The Morgan fingerprint density at radius 1 is 0.633 bits per heavy atom. The first kappa shape index (κ1) is 35.7. The van der Waals surface area contributed by atoms with Gasteiger partial charge in [-0.25, -0.2) is 43.6 Å². The van der Waals surface area contributed by atoms with Crippen LogP contribution in [0, 0.1) is 0 Å². The number of phosphoric ester groups is 2. The van der Waals surface area contributed by atoms with Gasteiger partial charge in [-0.1, -0.05) is 0 Å². The predicted octanol–water partition coefficient (Wildman–Crippen LogP) is -2.56. The van der Waals surface area contributed by atoms with E-state index in [1.54, 1.807) is 0 Å². The second-order valence-corrected chi connectivity index (χ2v) is 15.1. The molecule has 29 heteroatoms. The standard InChI is InChI=1S/C20H27N10O16P3/c21-15-9-17(25-3-23-15)29(5-27-9)19-13(33)11(31)7(43-19)1-41-47(35,36)45-49(39,40)46-48(37,38)42-2-8-12(32)14(34)20(44-8)30-6-28-10-16(22)24-4-26-18(10)30/h3-8,11-14,19-20,31-34H,1-2H2,(H,35,36)(H,37,38)(H,39,40)(H2,21,23,25)(H2,22,24,26)/t7-,8-,11-,12-,13-,14-,19-,20+/m1/s1. The summed E-state index contributed by atoms with van der Waals surface area (Å²) in [6.45, 7) is -2.05. The van der Waals surface area contributed by atoms with Crippen LogP contribution in [-0.4, -0.2) is 124 Å². The molecule has 11 atom stereocenters. The van der Waals surface area contributed by atoms with E-state index < -0.39 is 85.8 Å². The smallest absolute Gasteiger partial charge is 0.387 e. The molecule has 0 spiro atoms. The number of rotatable bonds is 12. The van der Waals surface area contributed by atoms with Crippen molar-refractivity contribution in [3.63, 3.8) is 0 Å². The van der Waals surface area contributed by atoms with Crippen LogP contribution in [0.5, 0.6) is 0 Å². The number of nitrogens with two attached hydrogens (primary N) is 2. The highest BCUT2D eigenvalue weighted by molar-refractivity contribution is 7.66. The molecule has 6 heterocycles. The van der Waals surface area contributed by atoms with Gasteiger partial charge in [0.1, 0.15) is 60.3 Å². The van der Waals surface area contributed by atoms with Gasteiger partial charge in [-0.2, -0.15) is 8.62 Å². The Labute approximate surface area is 271 Å². The fraction of sp³-hybridized carbons (Fsp3) is 0.500. The lowest BCUT2D eigenvalue weighted by molar-refractivity contribution is -0.0510. The van der Waals surface area contributed by atoms with E-state index in [0.717, 1.165) is 12.7 Å². The molecule has 3 unspecified atom stereocenters. The van der Waals surface area contributed by atoms with Crippen molar-refractivity contribution in [2.45, 2.75) is 49.1 Å². The van der Waals surface area contributed by atoms with Crippen molar-refractivity contribution in [3.05, 3.63) is 25.3 Å². The van der Waals surface area contributed by atoms with E-state index in [1.165, 1.54) is 21.8 Å². The van der Waals surface area contributed by atoms with E-state index in [9.17, 15) is 48.8 Å². The van der Waals surface area contributed by atoms with Crippen molar-refractivity contribution in [2.24, 2.45) is 0 Å². The molecule has 2 fully saturated rings. The highest BCUT2D eigenvalue weighted by Gasteiger charge is 2.49. The Hall–Kier alpha value is -3.13. The van der Waals surface area contributed by atoms with E-state index in [2.05, 4.69) is 47.6 Å². The van der Waals surface area contributed by atoms with Gasteiger partial charge < -0.3 is 56.0 Å². The molecule has 0 bridgehead atoms. The summed E-state index contributed by atoms with van der Waals surface area (Å²) in [6, 6.07) is 0. The Kier molecular flexibility index (Phi) is 9.62. The van der Waals surface area contributed by atoms with Gasteiger partial charge in [0.05, 0.1) is 25.9 Å². The van der Waals surface area contributed by atoms with Gasteiger partial charge >= 0.3 is 23.5 Å². The monoisotopic (exact) mass is 756 g/mol. The van der Waals surface area contributed by atoms with Gasteiger partial charge in [0.25, 0.3) is 0 Å². The second-order valence-electron chi connectivity index (χ2n) is 10.4. The number of hydrogen-bond acceptors (Lipinski definition) is 21. The summed E-state index contributed by atoms with van der Waals surface area (Å²) in [5.41, 5.74) is 12.0. The lowest BCUT2D eigenvalue weighted by Gasteiger charge is -2.21.